The van der Waals surface area contributed by atoms with Gasteiger partial charge in [0, 0.05) is 0 Å². The highest BCUT2D eigenvalue weighted by atomic mass is 16.4. The summed E-state index contributed by atoms with van der Waals surface area (Å²) in [6.45, 7) is 1.66. The Morgan fingerprint density at radius 3 is 2.64 bits per heavy atom. The molecule has 62 valence electrons. The Kier molecular flexibility index (Phi) is 2.29. The fraction of sp³-hybridized carbons (Fsp3) is 0.625. The Labute approximate surface area is 65.3 Å². The summed E-state index contributed by atoms with van der Waals surface area (Å²) in [5.74, 6) is -1.18. The van der Waals surface area contributed by atoms with Crippen molar-refractivity contribution in [3.63, 3.8) is 0 Å². The van der Waals surface area contributed by atoms with E-state index in [9.17, 15) is 4.79 Å². The molecule has 0 amide bonds. The number of aliphatic hydroxyl groups is 1. The molecular formula is C8H12O3. The predicted molar refractivity (Wildman–Crippen MR) is 40.1 cm³/mol. The number of carbonyl (C=O) groups is 1. The minimum absolute atomic E-state index is 0.00231. The third-order valence-corrected chi connectivity index (χ3v) is 2.13. The molecule has 3 heteroatoms. The zero-order chi connectivity index (χ0) is 8.43. The Balaban J connectivity index is 2.51. The number of hydrogen-bond donors (Lipinski definition) is 2. The van der Waals surface area contributed by atoms with E-state index >= 15 is 0 Å². The average molecular weight is 156 g/mol. The molecule has 0 saturated carbocycles. The van der Waals surface area contributed by atoms with Gasteiger partial charge < -0.3 is 10.2 Å². The molecule has 0 aromatic rings. The summed E-state index contributed by atoms with van der Waals surface area (Å²) >= 11 is 0. The third kappa shape index (κ3) is 1.80. The van der Waals surface area contributed by atoms with Crippen LogP contribution in [0.1, 0.15) is 13.3 Å². The smallest absolute Gasteiger partial charge is 0.306 e. The van der Waals surface area contributed by atoms with Crippen LogP contribution in [0.5, 0.6) is 0 Å². The number of aliphatic carboxylic acids is 1. The molecule has 0 spiro atoms. The molecule has 11 heavy (non-hydrogen) atoms. The molecule has 3 nitrogen and oxygen atoms in total. The van der Waals surface area contributed by atoms with Gasteiger partial charge in [-0.3, -0.25) is 4.79 Å². The SMILES string of the molecule is CC(C(=O)O)C1C=CC(O)C1. The molecule has 0 radical (unpaired) electrons. The monoisotopic (exact) mass is 156 g/mol. The first-order valence-electron chi connectivity index (χ1n) is 3.70. The van der Waals surface area contributed by atoms with Gasteiger partial charge in [0.2, 0.25) is 0 Å². The van der Waals surface area contributed by atoms with Crippen LogP contribution in [0.3, 0.4) is 0 Å². The molecule has 0 saturated heterocycles. The first-order chi connectivity index (χ1) is 5.11. The molecule has 1 aliphatic carbocycles. The van der Waals surface area contributed by atoms with Gasteiger partial charge in [0.1, 0.15) is 0 Å². The normalized spacial score (nSPS) is 32.2. The molecule has 0 aromatic heterocycles. The van der Waals surface area contributed by atoms with Crippen molar-refractivity contribution in [2.75, 3.05) is 0 Å². The summed E-state index contributed by atoms with van der Waals surface area (Å²) in [4.78, 5) is 10.5. The van der Waals surface area contributed by atoms with Crippen LogP contribution in [0, 0.1) is 11.8 Å². The summed E-state index contributed by atoms with van der Waals surface area (Å²) in [5.41, 5.74) is 0. The van der Waals surface area contributed by atoms with Crippen molar-refractivity contribution >= 4 is 5.97 Å². The third-order valence-electron chi connectivity index (χ3n) is 2.13. The van der Waals surface area contributed by atoms with E-state index < -0.39 is 12.1 Å². The fourth-order valence-corrected chi connectivity index (χ4v) is 1.26. The molecule has 0 bridgehead atoms. The molecule has 1 rings (SSSR count). The standard InChI is InChI=1S/C8H12O3/c1-5(8(10)11)6-2-3-7(9)4-6/h2-3,5-7,9H,4H2,1H3,(H,10,11). The van der Waals surface area contributed by atoms with Gasteiger partial charge in [0.15, 0.2) is 0 Å². The first kappa shape index (κ1) is 8.27. The van der Waals surface area contributed by atoms with Crippen LogP contribution in [-0.4, -0.2) is 22.3 Å². The van der Waals surface area contributed by atoms with Gasteiger partial charge >= 0.3 is 5.97 Å². The lowest BCUT2D eigenvalue weighted by Gasteiger charge is -2.12. The van der Waals surface area contributed by atoms with Crippen molar-refractivity contribution in [3.8, 4) is 0 Å². The molecule has 1 aliphatic rings. The van der Waals surface area contributed by atoms with Crippen molar-refractivity contribution < 1.29 is 15.0 Å². The molecule has 2 N–H and O–H groups in total. The molecular weight excluding hydrogens is 144 g/mol. The van der Waals surface area contributed by atoms with Gasteiger partial charge in [-0.1, -0.05) is 19.1 Å². The Morgan fingerprint density at radius 1 is 1.64 bits per heavy atom. The largest absolute Gasteiger partial charge is 0.481 e. The van der Waals surface area contributed by atoms with Gasteiger partial charge in [0.25, 0.3) is 0 Å². The van der Waals surface area contributed by atoms with E-state index in [1.165, 1.54) is 0 Å². The first-order valence-corrected chi connectivity index (χ1v) is 3.70. The minimum Gasteiger partial charge on any atom is -0.481 e. The fourth-order valence-electron chi connectivity index (χ4n) is 1.26. The van der Waals surface area contributed by atoms with Crippen molar-refractivity contribution in [2.24, 2.45) is 11.8 Å². The van der Waals surface area contributed by atoms with E-state index in [-0.39, 0.29) is 11.8 Å². The Hall–Kier alpha value is -0.830. The van der Waals surface area contributed by atoms with E-state index in [4.69, 9.17) is 10.2 Å². The lowest BCUT2D eigenvalue weighted by molar-refractivity contribution is -0.142. The topological polar surface area (TPSA) is 57.5 Å². The summed E-state index contributed by atoms with van der Waals surface area (Å²) in [5, 5.41) is 17.7. The second-order valence-corrected chi connectivity index (χ2v) is 2.98. The maximum absolute atomic E-state index is 10.5. The summed E-state index contributed by atoms with van der Waals surface area (Å²) in [7, 11) is 0. The van der Waals surface area contributed by atoms with Crippen LogP contribution in [0.15, 0.2) is 12.2 Å². The minimum atomic E-state index is -0.797. The number of allylic oxidation sites excluding steroid dienone is 1. The van der Waals surface area contributed by atoms with Gasteiger partial charge in [-0.15, -0.1) is 0 Å². The highest BCUT2D eigenvalue weighted by Crippen LogP contribution is 2.25. The number of aliphatic hydroxyl groups excluding tert-OH is 1. The van der Waals surface area contributed by atoms with Crippen molar-refractivity contribution in [1.82, 2.24) is 0 Å². The number of rotatable bonds is 2. The van der Waals surface area contributed by atoms with Crippen LogP contribution >= 0.6 is 0 Å². The van der Waals surface area contributed by atoms with Crippen molar-refractivity contribution in [3.05, 3.63) is 12.2 Å². The lowest BCUT2D eigenvalue weighted by Crippen LogP contribution is -2.19. The van der Waals surface area contributed by atoms with E-state index in [1.807, 2.05) is 0 Å². The highest BCUT2D eigenvalue weighted by Gasteiger charge is 2.26. The molecule has 0 aromatic carbocycles. The van der Waals surface area contributed by atoms with Crippen LogP contribution in [0.2, 0.25) is 0 Å². The molecule has 0 aliphatic heterocycles. The number of hydrogen-bond acceptors (Lipinski definition) is 2. The summed E-state index contributed by atoms with van der Waals surface area (Å²) in [6.07, 6.45) is 3.54. The zero-order valence-electron chi connectivity index (χ0n) is 6.40. The summed E-state index contributed by atoms with van der Waals surface area (Å²) < 4.78 is 0. The lowest BCUT2D eigenvalue weighted by atomic mass is 9.93. The van der Waals surface area contributed by atoms with Crippen LogP contribution in [-0.2, 0) is 4.79 Å². The van der Waals surface area contributed by atoms with Gasteiger partial charge in [-0.2, -0.15) is 0 Å². The van der Waals surface area contributed by atoms with E-state index in [1.54, 1.807) is 19.1 Å². The van der Waals surface area contributed by atoms with Crippen molar-refractivity contribution in [1.29, 1.82) is 0 Å². The maximum atomic E-state index is 10.5. The molecule has 3 atom stereocenters. The molecule has 3 unspecified atom stereocenters. The maximum Gasteiger partial charge on any atom is 0.306 e. The van der Waals surface area contributed by atoms with E-state index in [0.29, 0.717) is 6.42 Å². The Morgan fingerprint density at radius 2 is 2.27 bits per heavy atom. The second-order valence-electron chi connectivity index (χ2n) is 2.98. The number of carboxylic acids is 1. The summed E-state index contributed by atoms with van der Waals surface area (Å²) in [6, 6.07) is 0. The molecule has 0 heterocycles. The second kappa shape index (κ2) is 3.05. The highest BCUT2D eigenvalue weighted by molar-refractivity contribution is 5.70. The van der Waals surface area contributed by atoms with E-state index in [0.717, 1.165) is 0 Å². The van der Waals surface area contributed by atoms with Crippen LogP contribution in [0.4, 0.5) is 0 Å². The predicted octanol–water partition coefficient (Wildman–Crippen LogP) is 0.644. The van der Waals surface area contributed by atoms with Crippen LogP contribution < -0.4 is 0 Å². The van der Waals surface area contributed by atoms with Crippen molar-refractivity contribution in [2.45, 2.75) is 19.4 Å². The number of carboxylic acid groups (broad SMARTS) is 1. The van der Waals surface area contributed by atoms with Crippen LogP contribution in [0.25, 0.3) is 0 Å². The average Bonchev–Trinajstić information content (AvgIpc) is 2.34. The van der Waals surface area contributed by atoms with E-state index in [2.05, 4.69) is 0 Å². The molecule has 0 fully saturated rings. The van der Waals surface area contributed by atoms with Gasteiger partial charge in [0.05, 0.1) is 12.0 Å². The Bertz CT molecular complexity index is 186. The van der Waals surface area contributed by atoms with Gasteiger partial charge in [-0.25, -0.2) is 0 Å². The zero-order valence-corrected chi connectivity index (χ0v) is 6.40. The quantitative estimate of drug-likeness (QED) is 0.577. The van der Waals surface area contributed by atoms with Gasteiger partial charge in [-0.05, 0) is 12.3 Å².